The molecule has 1 atom stereocenters. The number of piperazine rings is 1. The minimum atomic E-state index is -0.246. The van der Waals surface area contributed by atoms with E-state index in [2.05, 4.69) is 40.1 Å². The number of hydrogen-bond donors (Lipinski definition) is 1. The van der Waals surface area contributed by atoms with Crippen LogP contribution in [0.2, 0.25) is 0 Å². The summed E-state index contributed by atoms with van der Waals surface area (Å²) in [7, 11) is 2.17. The molecule has 1 N–H and O–H groups in total. The van der Waals surface area contributed by atoms with Gasteiger partial charge in [-0.1, -0.05) is 0 Å². The maximum atomic E-state index is 14.6. The van der Waals surface area contributed by atoms with Gasteiger partial charge in [0.05, 0.1) is 16.3 Å². The molecular formula is C21H27FN4OS. The van der Waals surface area contributed by atoms with Crippen LogP contribution in [0.25, 0.3) is 11.9 Å². The molecule has 2 aliphatic heterocycles. The van der Waals surface area contributed by atoms with E-state index in [0.29, 0.717) is 11.3 Å². The second kappa shape index (κ2) is 8.19. The number of halogens is 1. The van der Waals surface area contributed by atoms with Crippen LogP contribution < -0.4 is 15.9 Å². The van der Waals surface area contributed by atoms with Crippen molar-refractivity contribution >= 4 is 28.2 Å². The van der Waals surface area contributed by atoms with Crippen LogP contribution in [-0.2, 0) is 4.74 Å². The molecular weight excluding hydrogens is 375 g/mol. The summed E-state index contributed by atoms with van der Waals surface area (Å²) in [6.07, 6.45) is 4.30. The number of aromatic nitrogens is 1. The highest BCUT2D eigenvalue weighted by Gasteiger charge is 2.29. The van der Waals surface area contributed by atoms with Crippen LogP contribution in [0.15, 0.2) is 18.3 Å². The van der Waals surface area contributed by atoms with Gasteiger partial charge in [-0.15, -0.1) is 11.3 Å². The molecule has 0 spiro atoms. The second-order valence-electron chi connectivity index (χ2n) is 7.36. The number of rotatable bonds is 5. The molecule has 2 aromatic heterocycles. The molecule has 0 aromatic carbocycles. The topological polar surface area (TPSA) is 40.6 Å². The molecule has 0 amide bonds. The van der Waals surface area contributed by atoms with Crippen molar-refractivity contribution in [3.63, 3.8) is 0 Å². The second-order valence-corrected chi connectivity index (χ2v) is 8.61. The number of likely N-dealkylation sites (N-methyl/N-ethyl adjacent to an activating group) is 1. The van der Waals surface area contributed by atoms with Crippen LogP contribution in [0.3, 0.4) is 0 Å². The largest absolute Gasteiger partial charge is 0.382 e. The Hall–Kier alpha value is -1.96. The fourth-order valence-electron chi connectivity index (χ4n) is 3.98. The smallest absolute Gasteiger partial charge is 0.135 e. The molecule has 4 rings (SSSR count). The van der Waals surface area contributed by atoms with Crippen molar-refractivity contribution in [3.8, 4) is 0 Å². The van der Waals surface area contributed by atoms with Gasteiger partial charge in [0.2, 0.25) is 0 Å². The van der Waals surface area contributed by atoms with E-state index in [-0.39, 0.29) is 5.82 Å². The van der Waals surface area contributed by atoms with E-state index in [4.69, 9.17) is 4.74 Å². The van der Waals surface area contributed by atoms with Gasteiger partial charge in [-0.3, -0.25) is 9.88 Å². The highest BCUT2D eigenvalue weighted by atomic mass is 32.1. The minimum absolute atomic E-state index is 0.246. The van der Waals surface area contributed by atoms with Gasteiger partial charge in [0.25, 0.3) is 0 Å². The van der Waals surface area contributed by atoms with Gasteiger partial charge in [-0.25, -0.2) is 4.39 Å². The fourth-order valence-corrected chi connectivity index (χ4v) is 4.87. The van der Waals surface area contributed by atoms with Gasteiger partial charge in [-0.05, 0) is 39.4 Å². The van der Waals surface area contributed by atoms with Gasteiger partial charge in [0.15, 0.2) is 0 Å². The molecule has 0 aliphatic carbocycles. The Balaban J connectivity index is 1.79. The van der Waals surface area contributed by atoms with Gasteiger partial charge in [0.1, 0.15) is 10.8 Å². The van der Waals surface area contributed by atoms with E-state index in [0.717, 1.165) is 60.9 Å². The first-order chi connectivity index (χ1) is 13.6. The number of ether oxygens (including phenoxy) is 1. The lowest BCUT2D eigenvalue weighted by atomic mass is 10.1. The summed E-state index contributed by atoms with van der Waals surface area (Å²) < 4.78 is 20.2. The van der Waals surface area contributed by atoms with Crippen LogP contribution in [-0.4, -0.2) is 60.7 Å². The molecule has 2 aromatic rings. The van der Waals surface area contributed by atoms with Gasteiger partial charge >= 0.3 is 0 Å². The lowest BCUT2D eigenvalue weighted by Gasteiger charge is -2.41. The molecule has 7 heteroatoms. The number of fused-ring (bicyclic) bond motifs is 2. The van der Waals surface area contributed by atoms with Crippen LogP contribution in [0.5, 0.6) is 0 Å². The summed E-state index contributed by atoms with van der Waals surface area (Å²) in [4.78, 5) is 10.6. The maximum Gasteiger partial charge on any atom is 0.135 e. The first-order valence-electron chi connectivity index (χ1n) is 9.83. The van der Waals surface area contributed by atoms with Crippen LogP contribution in [0, 0.1) is 12.7 Å². The third kappa shape index (κ3) is 3.66. The molecule has 1 saturated heterocycles. The average Bonchev–Trinajstić information content (AvgIpc) is 2.96. The molecule has 0 bridgehead atoms. The van der Waals surface area contributed by atoms with E-state index in [1.165, 1.54) is 10.9 Å². The molecule has 1 unspecified atom stereocenters. The quantitative estimate of drug-likeness (QED) is 0.775. The number of aryl methyl sites for hydroxylation is 1. The summed E-state index contributed by atoms with van der Waals surface area (Å²) >= 11 is 1.70. The zero-order chi connectivity index (χ0) is 19.7. The zero-order valence-electron chi connectivity index (χ0n) is 16.7. The lowest BCUT2D eigenvalue weighted by Crippen LogP contribution is -2.52. The van der Waals surface area contributed by atoms with Crippen molar-refractivity contribution in [2.45, 2.75) is 26.3 Å². The number of thiophene rings is 1. The molecule has 0 radical (unpaired) electrons. The van der Waals surface area contributed by atoms with Crippen LogP contribution in [0.1, 0.15) is 23.8 Å². The minimum Gasteiger partial charge on any atom is -0.382 e. The maximum absolute atomic E-state index is 14.6. The van der Waals surface area contributed by atoms with Crippen molar-refractivity contribution < 1.29 is 9.13 Å². The van der Waals surface area contributed by atoms with Crippen LogP contribution >= 0.6 is 11.3 Å². The first-order valence-corrected chi connectivity index (χ1v) is 10.7. The number of nitrogens with zero attached hydrogens (tertiary/aromatic N) is 3. The molecule has 1 fully saturated rings. The van der Waals surface area contributed by atoms with Crippen molar-refractivity contribution in [2.24, 2.45) is 0 Å². The Morgan fingerprint density at radius 1 is 1.39 bits per heavy atom. The predicted molar refractivity (Wildman–Crippen MR) is 112 cm³/mol. The molecule has 150 valence electrons. The highest BCUT2D eigenvalue weighted by molar-refractivity contribution is 7.16. The highest BCUT2D eigenvalue weighted by Crippen LogP contribution is 2.34. The molecule has 28 heavy (non-hydrogen) atoms. The van der Waals surface area contributed by atoms with E-state index in [1.54, 1.807) is 23.7 Å². The summed E-state index contributed by atoms with van der Waals surface area (Å²) in [5.74, 6) is -0.246. The van der Waals surface area contributed by atoms with Gasteiger partial charge < -0.3 is 15.0 Å². The zero-order valence-corrected chi connectivity index (χ0v) is 17.5. The number of hydrogen-bond acceptors (Lipinski definition) is 6. The Morgan fingerprint density at radius 3 is 3.07 bits per heavy atom. The summed E-state index contributed by atoms with van der Waals surface area (Å²) in [5.41, 5.74) is 2.15. The number of nitrogens with one attached hydrogen (secondary N) is 1. The van der Waals surface area contributed by atoms with Gasteiger partial charge in [0, 0.05) is 61.7 Å². The van der Waals surface area contributed by atoms with Crippen molar-refractivity contribution in [2.75, 3.05) is 45.2 Å². The summed E-state index contributed by atoms with van der Waals surface area (Å²) in [5, 5.41) is 5.61. The predicted octanol–water partition coefficient (Wildman–Crippen LogP) is 1.95. The third-order valence-electron chi connectivity index (χ3n) is 5.51. The van der Waals surface area contributed by atoms with E-state index in [9.17, 15) is 4.39 Å². The number of anilines is 1. The van der Waals surface area contributed by atoms with Gasteiger partial charge in [-0.2, -0.15) is 0 Å². The lowest BCUT2D eigenvalue weighted by molar-refractivity contribution is 0.0812. The average molecular weight is 403 g/mol. The summed E-state index contributed by atoms with van der Waals surface area (Å²) in [6.45, 7) is 8.37. The Labute approximate surface area is 169 Å². The summed E-state index contributed by atoms with van der Waals surface area (Å²) in [6, 6.07) is 4.01. The first kappa shape index (κ1) is 19.4. The Bertz CT molecular complexity index is 973. The SMILES string of the molecule is CCOCCC1CN(C2=c3nccc(F)c3=CNc3sc(C)cc32)CCN1C. The fraction of sp³-hybridized carbons (Fsp3) is 0.476. The van der Waals surface area contributed by atoms with Crippen LogP contribution in [0.4, 0.5) is 9.39 Å². The number of pyridine rings is 1. The molecule has 5 nitrogen and oxygen atoms in total. The Kier molecular flexibility index (Phi) is 5.66. The standard InChI is InChI=1S/C21H27FN4OS/c1-4-27-10-6-15-13-26(9-8-25(15)3)20-16-11-14(2)28-21(16)24-12-17-18(22)5-7-23-19(17)20/h5,7,11-12,15,24H,4,6,8-10,13H2,1-3H3. The van der Waals surface area contributed by atoms with Crippen molar-refractivity contribution in [3.05, 3.63) is 45.2 Å². The Morgan fingerprint density at radius 2 is 2.25 bits per heavy atom. The molecule has 4 heterocycles. The molecule has 0 saturated carbocycles. The molecule has 2 aliphatic rings. The third-order valence-corrected chi connectivity index (χ3v) is 6.49. The van der Waals surface area contributed by atoms with E-state index >= 15 is 0 Å². The van der Waals surface area contributed by atoms with Crippen molar-refractivity contribution in [1.29, 1.82) is 0 Å². The van der Waals surface area contributed by atoms with E-state index < -0.39 is 0 Å². The normalized spacial score (nSPS) is 19.5. The van der Waals surface area contributed by atoms with Crippen molar-refractivity contribution in [1.82, 2.24) is 14.8 Å². The monoisotopic (exact) mass is 402 g/mol. The van der Waals surface area contributed by atoms with E-state index in [1.807, 2.05) is 6.92 Å².